The molecule has 180 valence electrons. The molecule has 3 saturated heterocycles. The molecule has 2 unspecified atom stereocenters. The van der Waals surface area contributed by atoms with E-state index in [9.17, 15) is 0 Å². The molecule has 3 aliphatic heterocycles. The molecule has 6 heteroatoms. The SMILES string of the molecule is CC(C)(C)C1CNCCO1.CC(C)(C)C1COCCN1.CC(C)(C)N1CCOCC1. The van der Waals surface area contributed by atoms with Gasteiger partial charge >= 0.3 is 0 Å². The van der Waals surface area contributed by atoms with Crippen LogP contribution in [0.15, 0.2) is 0 Å². The molecule has 6 nitrogen and oxygen atoms in total. The van der Waals surface area contributed by atoms with Gasteiger partial charge in [0.15, 0.2) is 0 Å². The molecule has 0 aliphatic carbocycles. The van der Waals surface area contributed by atoms with Crippen LogP contribution in [0.1, 0.15) is 62.3 Å². The average molecular weight is 430 g/mol. The predicted octanol–water partition coefficient (Wildman–Crippen LogP) is 3.16. The zero-order valence-electron chi connectivity index (χ0n) is 21.4. The Morgan fingerprint density at radius 3 is 1.67 bits per heavy atom. The van der Waals surface area contributed by atoms with Crippen LogP contribution in [-0.2, 0) is 14.2 Å². The zero-order valence-corrected chi connectivity index (χ0v) is 21.4. The lowest BCUT2D eigenvalue weighted by Gasteiger charge is -2.38. The molecular weight excluding hydrogens is 378 g/mol. The second-order valence-electron chi connectivity index (χ2n) is 11.6. The second-order valence-corrected chi connectivity index (χ2v) is 11.6. The maximum absolute atomic E-state index is 5.58. The lowest BCUT2D eigenvalue weighted by atomic mass is 9.87. The van der Waals surface area contributed by atoms with Gasteiger partial charge in [-0.15, -0.1) is 0 Å². The van der Waals surface area contributed by atoms with Gasteiger partial charge in [0.2, 0.25) is 0 Å². The van der Waals surface area contributed by atoms with Crippen LogP contribution in [0.3, 0.4) is 0 Å². The van der Waals surface area contributed by atoms with Crippen molar-refractivity contribution in [3.63, 3.8) is 0 Å². The fourth-order valence-electron chi connectivity index (χ4n) is 3.48. The van der Waals surface area contributed by atoms with E-state index in [-0.39, 0.29) is 5.41 Å². The summed E-state index contributed by atoms with van der Waals surface area (Å²) >= 11 is 0. The summed E-state index contributed by atoms with van der Waals surface area (Å²) in [7, 11) is 0. The Kier molecular flexibility index (Phi) is 11.8. The third-order valence-corrected chi connectivity index (χ3v) is 5.82. The number of hydrogen-bond acceptors (Lipinski definition) is 6. The molecule has 3 aliphatic rings. The number of nitrogens with one attached hydrogen (secondary N) is 2. The molecule has 0 aromatic carbocycles. The van der Waals surface area contributed by atoms with Gasteiger partial charge in [-0.2, -0.15) is 0 Å². The van der Waals surface area contributed by atoms with Crippen LogP contribution in [0.4, 0.5) is 0 Å². The number of ether oxygens (including phenoxy) is 3. The predicted molar refractivity (Wildman–Crippen MR) is 126 cm³/mol. The number of hydrogen-bond donors (Lipinski definition) is 2. The third kappa shape index (κ3) is 11.4. The summed E-state index contributed by atoms with van der Waals surface area (Å²) in [5.41, 5.74) is 0.942. The Bertz CT molecular complexity index is 368. The van der Waals surface area contributed by atoms with Gasteiger partial charge in [0, 0.05) is 44.3 Å². The molecule has 2 atom stereocenters. The van der Waals surface area contributed by atoms with E-state index in [1.807, 2.05) is 0 Å². The van der Waals surface area contributed by atoms with Crippen LogP contribution in [-0.4, -0.2) is 88.3 Å². The van der Waals surface area contributed by atoms with Crippen molar-refractivity contribution in [3.8, 4) is 0 Å². The van der Waals surface area contributed by atoms with Crippen LogP contribution >= 0.6 is 0 Å². The van der Waals surface area contributed by atoms with Gasteiger partial charge in [0.25, 0.3) is 0 Å². The Labute approximate surface area is 186 Å². The minimum absolute atomic E-state index is 0.285. The van der Waals surface area contributed by atoms with E-state index in [4.69, 9.17) is 14.2 Å². The highest BCUT2D eigenvalue weighted by Crippen LogP contribution is 2.22. The summed E-state index contributed by atoms with van der Waals surface area (Å²) < 4.78 is 16.2. The Balaban J connectivity index is 0.000000225. The zero-order chi connectivity index (χ0) is 22.8. The van der Waals surface area contributed by atoms with Gasteiger partial charge < -0.3 is 24.8 Å². The monoisotopic (exact) mass is 429 g/mol. The molecule has 0 bridgehead atoms. The summed E-state index contributed by atoms with van der Waals surface area (Å²) in [6.45, 7) is 29.7. The van der Waals surface area contributed by atoms with E-state index in [1.165, 1.54) is 0 Å². The van der Waals surface area contributed by atoms with E-state index in [2.05, 4.69) is 77.8 Å². The molecule has 2 N–H and O–H groups in total. The summed E-state index contributed by atoms with van der Waals surface area (Å²) in [4.78, 5) is 2.45. The quantitative estimate of drug-likeness (QED) is 0.617. The highest BCUT2D eigenvalue weighted by Gasteiger charge is 2.27. The van der Waals surface area contributed by atoms with Crippen molar-refractivity contribution in [2.45, 2.75) is 80.0 Å². The molecular formula is C24H51N3O3. The van der Waals surface area contributed by atoms with E-state index in [1.54, 1.807) is 0 Å². The summed E-state index contributed by atoms with van der Waals surface area (Å²) in [6.07, 6.45) is 0.390. The van der Waals surface area contributed by atoms with E-state index >= 15 is 0 Å². The fraction of sp³-hybridized carbons (Fsp3) is 1.00. The van der Waals surface area contributed by atoms with Gasteiger partial charge in [0.05, 0.1) is 39.1 Å². The van der Waals surface area contributed by atoms with E-state index in [0.29, 0.717) is 23.1 Å². The van der Waals surface area contributed by atoms with Crippen LogP contribution in [0.5, 0.6) is 0 Å². The van der Waals surface area contributed by atoms with Gasteiger partial charge in [-0.3, -0.25) is 4.90 Å². The fourth-order valence-corrected chi connectivity index (χ4v) is 3.48. The Morgan fingerprint density at radius 1 is 0.733 bits per heavy atom. The maximum Gasteiger partial charge on any atom is 0.0748 e. The van der Waals surface area contributed by atoms with E-state index < -0.39 is 0 Å². The first kappa shape index (κ1) is 27.8. The Hall–Kier alpha value is -0.240. The van der Waals surface area contributed by atoms with Crippen LogP contribution in [0.25, 0.3) is 0 Å². The molecule has 3 heterocycles. The van der Waals surface area contributed by atoms with Crippen molar-refractivity contribution < 1.29 is 14.2 Å². The molecule has 0 radical (unpaired) electrons. The van der Waals surface area contributed by atoms with Crippen molar-refractivity contribution in [2.75, 3.05) is 65.8 Å². The van der Waals surface area contributed by atoms with Crippen molar-refractivity contribution in [3.05, 3.63) is 0 Å². The van der Waals surface area contributed by atoms with Crippen LogP contribution in [0, 0.1) is 10.8 Å². The van der Waals surface area contributed by atoms with Gasteiger partial charge in [-0.05, 0) is 31.6 Å². The standard InChI is InChI=1S/3C8H17NO/c1-8(2,3)9-4-6-10-7-5-9;1-8(2,3)7-6-10-5-4-9-7;1-8(2,3)7-6-9-4-5-10-7/h4-7H2,1-3H3;2*7,9H,4-6H2,1-3H3. The van der Waals surface area contributed by atoms with Crippen LogP contribution < -0.4 is 10.6 Å². The minimum Gasteiger partial charge on any atom is -0.379 e. The maximum atomic E-state index is 5.58. The first-order chi connectivity index (χ1) is 13.8. The van der Waals surface area contributed by atoms with Gasteiger partial charge in [0.1, 0.15) is 0 Å². The molecule has 3 fully saturated rings. The van der Waals surface area contributed by atoms with Crippen molar-refractivity contribution in [1.82, 2.24) is 15.5 Å². The largest absolute Gasteiger partial charge is 0.379 e. The molecule has 0 aromatic rings. The Morgan fingerprint density at radius 2 is 1.37 bits per heavy atom. The first-order valence-corrected chi connectivity index (χ1v) is 11.8. The second kappa shape index (κ2) is 12.7. The van der Waals surface area contributed by atoms with E-state index in [0.717, 1.165) is 65.8 Å². The minimum atomic E-state index is 0.285. The van der Waals surface area contributed by atoms with Gasteiger partial charge in [-0.1, -0.05) is 41.5 Å². The smallest absolute Gasteiger partial charge is 0.0748 e. The molecule has 0 spiro atoms. The number of morpholine rings is 3. The molecule has 30 heavy (non-hydrogen) atoms. The summed E-state index contributed by atoms with van der Waals surface area (Å²) in [5, 5.41) is 6.75. The lowest BCUT2D eigenvalue weighted by Crippen LogP contribution is -2.48. The van der Waals surface area contributed by atoms with Crippen molar-refractivity contribution in [2.24, 2.45) is 10.8 Å². The van der Waals surface area contributed by atoms with Gasteiger partial charge in [-0.25, -0.2) is 0 Å². The highest BCUT2D eigenvalue weighted by atomic mass is 16.5. The topological polar surface area (TPSA) is 55.0 Å². The molecule has 0 saturated carbocycles. The highest BCUT2D eigenvalue weighted by molar-refractivity contribution is 4.82. The normalized spacial score (nSPS) is 26.7. The first-order valence-electron chi connectivity index (χ1n) is 11.8. The van der Waals surface area contributed by atoms with Crippen molar-refractivity contribution >= 4 is 0 Å². The number of rotatable bonds is 0. The molecule has 0 amide bonds. The molecule has 0 aromatic heterocycles. The summed E-state index contributed by atoms with van der Waals surface area (Å²) in [6, 6.07) is 0.529. The van der Waals surface area contributed by atoms with Crippen LogP contribution in [0.2, 0.25) is 0 Å². The average Bonchev–Trinajstić information content (AvgIpc) is 2.69. The van der Waals surface area contributed by atoms with Crippen molar-refractivity contribution in [1.29, 1.82) is 0 Å². The third-order valence-electron chi connectivity index (χ3n) is 5.82. The summed E-state index contributed by atoms with van der Waals surface area (Å²) in [5.74, 6) is 0. The molecule has 3 rings (SSSR count). The number of nitrogens with zero attached hydrogens (tertiary/aromatic N) is 1. The lowest BCUT2D eigenvalue weighted by molar-refractivity contribution is -0.0361.